The van der Waals surface area contributed by atoms with E-state index in [9.17, 15) is 28.2 Å². The van der Waals surface area contributed by atoms with Crippen molar-refractivity contribution < 1.29 is 37.0 Å². The molecule has 4 rings (SSSR count). The van der Waals surface area contributed by atoms with Crippen LogP contribution in [0.3, 0.4) is 0 Å². The second-order valence-electron chi connectivity index (χ2n) is 13.2. The molecule has 1 amide bonds. The number of nitrogens with one attached hydrogen (secondary N) is 1. The number of nitrogens with zero attached hydrogens (tertiary/aromatic N) is 2. The average molecular weight is 705 g/mol. The summed E-state index contributed by atoms with van der Waals surface area (Å²) in [6.45, 7) is 11.9. The lowest BCUT2D eigenvalue weighted by molar-refractivity contribution is -0.137. The molecular formula is C32H39Cl2F4N3O4Si. The predicted molar refractivity (Wildman–Crippen MR) is 176 cm³/mol. The lowest BCUT2D eigenvalue weighted by Crippen LogP contribution is -2.50. The standard InChI is InChI=1S/C32H39Cl2F4N3O4Si/c1-17-8-7-9-20(25(17)32(36,37)38)24-23(33)15-21-27(22(16-42)29(34)40-28(21)26(24)35)39-18-10-12-41(30(43)44)19(14-18)11-13-45-46(5,6)31(2,3)4/h7-9,15,18-19,42H,10-14,16H2,1-6H3,(H,39,40)(H,43,44)/t18-,19+/m0/s1. The number of fused-ring (bicyclic) bond motifs is 1. The highest BCUT2D eigenvalue weighted by Crippen LogP contribution is 2.46. The molecule has 0 bridgehead atoms. The topological polar surface area (TPSA) is 94.9 Å². The number of alkyl halides is 3. The molecule has 1 aromatic heterocycles. The Morgan fingerprint density at radius 1 is 1.22 bits per heavy atom. The fraction of sp³-hybridized carbons (Fsp3) is 0.500. The number of aliphatic hydroxyl groups excluding tert-OH is 1. The number of aliphatic hydroxyl groups is 1. The highest BCUT2D eigenvalue weighted by Gasteiger charge is 2.39. The van der Waals surface area contributed by atoms with Gasteiger partial charge in [0.2, 0.25) is 0 Å². The summed E-state index contributed by atoms with van der Waals surface area (Å²) in [6, 6.07) is 4.44. The molecule has 0 radical (unpaired) electrons. The van der Waals surface area contributed by atoms with Gasteiger partial charge in [-0.3, -0.25) is 0 Å². The van der Waals surface area contributed by atoms with Gasteiger partial charge in [0, 0.05) is 41.7 Å². The molecule has 0 aliphatic carbocycles. The number of likely N-dealkylation sites (tertiary alicyclic amines) is 1. The summed E-state index contributed by atoms with van der Waals surface area (Å²) in [5, 5.41) is 23.0. The third kappa shape index (κ3) is 7.25. The first-order valence-corrected chi connectivity index (χ1v) is 18.6. The Morgan fingerprint density at radius 3 is 2.48 bits per heavy atom. The number of aromatic nitrogens is 1. The Bertz CT molecular complexity index is 1630. The van der Waals surface area contributed by atoms with Gasteiger partial charge in [0.1, 0.15) is 10.7 Å². The molecule has 14 heteroatoms. The van der Waals surface area contributed by atoms with Crippen LogP contribution in [0.25, 0.3) is 22.0 Å². The van der Waals surface area contributed by atoms with Gasteiger partial charge in [-0.2, -0.15) is 13.2 Å². The molecule has 252 valence electrons. The molecule has 3 aromatic rings. The van der Waals surface area contributed by atoms with Gasteiger partial charge in [-0.15, -0.1) is 0 Å². The Labute approximate surface area is 277 Å². The summed E-state index contributed by atoms with van der Waals surface area (Å²) in [4.78, 5) is 17.6. The number of amides is 1. The molecule has 1 aliphatic rings. The SMILES string of the molecule is Cc1cccc(-c2c(Cl)cc3c(N[C@H]4CCN(C(=O)O)[C@H](CCO[Si](C)(C)C(C)(C)C)C4)c(CO)c(Cl)nc3c2F)c1C(F)(F)F. The summed E-state index contributed by atoms with van der Waals surface area (Å²) in [7, 11) is -2.06. The summed E-state index contributed by atoms with van der Waals surface area (Å²) in [5.41, 5.74) is -1.94. The molecule has 3 N–H and O–H groups in total. The molecule has 7 nitrogen and oxygen atoms in total. The Kier molecular flexibility index (Phi) is 10.6. The number of hydrogen-bond donors (Lipinski definition) is 3. The van der Waals surface area contributed by atoms with Crippen LogP contribution in [0.1, 0.15) is 56.7 Å². The number of carboxylic acid groups (broad SMARTS) is 1. The van der Waals surface area contributed by atoms with Crippen molar-refractivity contribution in [2.75, 3.05) is 18.5 Å². The number of benzene rings is 2. The number of aryl methyl sites for hydroxylation is 1. The number of anilines is 1. The Balaban J connectivity index is 1.73. The molecule has 2 atom stereocenters. The maximum absolute atomic E-state index is 16.3. The normalized spacial score (nSPS) is 17.9. The van der Waals surface area contributed by atoms with E-state index in [1.165, 1.54) is 30.0 Å². The molecule has 1 aliphatic heterocycles. The fourth-order valence-corrected chi connectivity index (χ4v) is 7.32. The van der Waals surface area contributed by atoms with E-state index in [2.05, 4.69) is 44.2 Å². The van der Waals surface area contributed by atoms with Crippen molar-refractivity contribution >= 4 is 54.2 Å². The van der Waals surface area contributed by atoms with Crippen LogP contribution < -0.4 is 5.32 Å². The van der Waals surface area contributed by atoms with Crippen molar-refractivity contribution in [1.29, 1.82) is 0 Å². The van der Waals surface area contributed by atoms with Gasteiger partial charge in [-0.1, -0.05) is 62.2 Å². The molecule has 1 saturated heterocycles. The van der Waals surface area contributed by atoms with Crippen LogP contribution in [0.5, 0.6) is 0 Å². The van der Waals surface area contributed by atoms with Gasteiger partial charge in [-0.05, 0) is 61.5 Å². The van der Waals surface area contributed by atoms with Crippen LogP contribution in [0, 0.1) is 12.7 Å². The van der Waals surface area contributed by atoms with Gasteiger partial charge in [0.25, 0.3) is 0 Å². The minimum absolute atomic E-state index is 0.0113. The van der Waals surface area contributed by atoms with E-state index < -0.39 is 49.7 Å². The molecule has 0 unspecified atom stereocenters. The van der Waals surface area contributed by atoms with Crippen molar-refractivity contribution in [1.82, 2.24) is 9.88 Å². The lowest BCUT2D eigenvalue weighted by Gasteiger charge is -2.40. The van der Waals surface area contributed by atoms with Crippen LogP contribution >= 0.6 is 23.2 Å². The van der Waals surface area contributed by atoms with Crippen molar-refractivity contribution in [3.8, 4) is 11.1 Å². The smallest absolute Gasteiger partial charge is 0.417 e. The van der Waals surface area contributed by atoms with Crippen LogP contribution in [-0.4, -0.2) is 59.7 Å². The van der Waals surface area contributed by atoms with Crippen LogP contribution in [-0.2, 0) is 17.2 Å². The van der Waals surface area contributed by atoms with Gasteiger partial charge in [-0.25, -0.2) is 14.2 Å². The average Bonchev–Trinajstić information content (AvgIpc) is 2.92. The van der Waals surface area contributed by atoms with Crippen molar-refractivity contribution in [2.45, 2.75) is 90.0 Å². The number of halogens is 6. The predicted octanol–water partition coefficient (Wildman–Crippen LogP) is 9.50. The number of piperidine rings is 1. The number of carbonyl (C=O) groups is 1. The number of pyridine rings is 1. The van der Waals surface area contributed by atoms with E-state index in [-0.39, 0.29) is 61.6 Å². The third-order valence-electron chi connectivity index (χ3n) is 9.24. The summed E-state index contributed by atoms with van der Waals surface area (Å²) < 4.78 is 64.8. The van der Waals surface area contributed by atoms with E-state index in [1.807, 2.05) is 0 Å². The molecule has 46 heavy (non-hydrogen) atoms. The minimum Gasteiger partial charge on any atom is -0.465 e. The molecule has 1 fully saturated rings. The summed E-state index contributed by atoms with van der Waals surface area (Å²) in [5.74, 6) is -1.09. The minimum atomic E-state index is -4.78. The first-order chi connectivity index (χ1) is 21.3. The fourth-order valence-electron chi connectivity index (χ4n) is 5.73. The van der Waals surface area contributed by atoms with E-state index in [1.54, 1.807) is 0 Å². The maximum atomic E-state index is 16.3. The monoisotopic (exact) mass is 703 g/mol. The first-order valence-electron chi connectivity index (χ1n) is 15.0. The molecule has 2 aromatic carbocycles. The largest absolute Gasteiger partial charge is 0.465 e. The van der Waals surface area contributed by atoms with Crippen molar-refractivity contribution in [3.05, 3.63) is 56.9 Å². The van der Waals surface area contributed by atoms with E-state index in [0.29, 0.717) is 25.9 Å². The van der Waals surface area contributed by atoms with E-state index in [0.717, 1.165) is 6.07 Å². The zero-order chi connectivity index (χ0) is 34.4. The summed E-state index contributed by atoms with van der Waals surface area (Å²) >= 11 is 12.9. The van der Waals surface area contributed by atoms with Crippen LogP contribution in [0.4, 0.5) is 28.0 Å². The highest BCUT2D eigenvalue weighted by molar-refractivity contribution is 6.74. The van der Waals surface area contributed by atoms with Gasteiger partial charge >= 0.3 is 12.3 Å². The van der Waals surface area contributed by atoms with Gasteiger partial charge < -0.3 is 24.9 Å². The summed E-state index contributed by atoms with van der Waals surface area (Å²) in [6.07, 6.45) is -4.58. The third-order valence-corrected chi connectivity index (χ3v) is 14.4. The highest BCUT2D eigenvalue weighted by atomic mass is 35.5. The quantitative estimate of drug-likeness (QED) is 0.123. The van der Waals surface area contributed by atoms with Crippen LogP contribution in [0.2, 0.25) is 28.3 Å². The first kappa shape index (κ1) is 36.2. The lowest BCUT2D eigenvalue weighted by atomic mass is 9.93. The van der Waals surface area contributed by atoms with Crippen LogP contribution in [0.15, 0.2) is 24.3 Å². The van der Waals surface area contributed by atoms with Crippen molar-refractivity contribution in [2.24, 2.45) is 0 Å². The molecule has 0 saturated carbocycles. The second kappa shape index (κ2) is 13.5. The molecule has 2 heterocycles. The Morgan fingerprint density at radius 2 is 1.89 bits per heavy atom. The van der Waals surface area contributed by atoms with Gasteiger partial charge in [0.15, 0.2) is 14.1 Å². The van der Waals surface area contributed by atoms with E-state index >= 15 is 4.39 Å². The molecular weight excluding hydrogens is 665 g/mol. The maximum Gasteiger partial charge on any atom is 0.417 e. The Hall–Kier alpha value is -2.64. The van der Waals surface area contributed by atoms with Crippen molar-refractivity contribution in [3.63, 3.8) is 0 Å². The number of hydrogen-bond acceptors (Lipinski definition) is 5. The second-order valence-corrected chi connectivity index (χ2v) is 18.8. The molecule has 0 spiro atoms. The zero-order valence-electron chi connectivity index (χ0n) is 26.6. The van der Waals surface area contributed by atoms with Gasteiger partial charge in [0.05, 0.1) is 22.9 Å². The number of rotatable bonds is 8. The van der Waals surface area contributed by atoms with E-state index in [4.69, 9.17) is 27.6 Å². The zero-order valence-corrected chi connectivity index (χ0v) is 29.1.